The Morgan fingerprint density at radius 2 is 1.86 bits per heavy atom. The predicted molar refractivity (Wildman–Crippen MR) is 116 cm³/mol. The lowest BCUT2D eigenvalue weighted by molar-refractivity contribution is -0.122. The molecule has 2 aromatic carbocycles. The van der Waals surface area contributed by atoms with Gasteiger partial charge in [0.25, 0.3) is 0 Å². The second kappa shape index (κ2) is 8.59. The van der Waals surface area contributed by atoms with Gasteiger partial charge in [0.15, 0.2) is 0 Å². The van der Waals surface area contributed by atoms with Crippen molar-refractivity contribution in [2.75, 3.05) is 0 Å². The van der Waals surface area contributed by atoms with Crippen LogP contribution in [0.25, 0.3) is 10.9 Å². The minimum atomic E-state index is -0.0884. The second-order valence-electron chi connectivity index (χ2n) is 7.62. The Labute approximate surface area is 175 Å². The van der Waals surface area contributed by atoms with Gasteiger partial charge in [0.1, 0.15) is 0 Å². The smallest absolute Gasteiger partial charge is 0.221 e. The van der Waals surface area contributed by atoms with E-state index in [0.717, 1.165) is 34.9 Å². The molecule has 1 aliphatic rings. The Morgan fingerprint density at radius 1 is 1.07 bits per heavy atom. The maximum atomic E-state index is 12.9. The lowest BCUT2D eigenvalue weighted by Gasteiger charge is -2.24. The van der Waals surface area contributed by atoms with Gasteiger partial charge in [0.2, 0.25) is 5.91 Å². The molecule has 3 aromatic rings. The van der Waals surface area contributed by atoms with E-state index in [2.05, 4.69) is 16.4 Å². The number of hydrogen-bond acceptors (Lipinski definition) is 1. The van der Waals surface area contributed by atoms with Crippen LogP contribution in [0.4, 0.5) is 0 Å². The van der Waals surface area contributed by atoms with Gasteiger partial charge in [-0.15, -0.1) is 0 Å². The highest BCUT2D eigenvalue weighted by Crippen LogP contribution is 2.36. The highest BCUT2D eigenvalue weighted by Gasteiger charge is 2.24. The van der Waals surface area contributed by atoms with Crippen LogP contribution in [0.3, 0.4) is 0 Å². The number of carbonyl (C=O) groups excluding carboxylic acids is 1. The maximum Gasteiger partial charge on any atom is 0.221 e. The van der Waals surface area contributed by atoms with Crippen molar-refractivity contribution >= 4 is 40.0 Å². The van der Waals surface area contributed by atoms with Crippen LogP contribution in [0.1, 0.15) is 55.6 Å². The van der Waals surface area contributed by atoms with E-state index in [-0.39, 0.29) is 11.8 Å². The molecule has 1 fully saturated rings. The van der Waals surface area contributed by atoms with Crippen molar-refractivity contribution in [3.8, 4) is 0 Å². The van der Waals surface area contributed by atoms with Gasteiger partial charge < -0.3 is 10.3 Å². The summed E-state index contributed by atoms with van der Waals surface area (Å²) in [5.74, 6) is 0.00256. The fourth-order valence-electron chi connectivity index (χ4n) is 4.24. The highest BCUT2D eigenvalue weighted by molar-refractivity contribution is 6.42. The monoisotopic (exact) mass is 414 g/mol. The highest BCUT2D eigenvalue weighted by atomic mass is 35.5. The van der Waals surface area contributed by atoms with Crippen LogP contribution in [0.2, 0.25) is 10.0 Å². The molecular weight excluding hydrogens is 391 g/mol. The van der Waals surface area contributed by atoms with Crippen molar-refractivity contribution in [1.82, 2.24) is 10.3 Å². The number of rotatable bonds is 5. The third kappa shape index (κ3) is 4.21. The minimum Gasteiger partial charge on any atom is -0.361 e. The van der Waals surface area contributed by atoms with Crippen LogP contribution in [0.5, 0.6) is 0 Å². The van der Waals surface area contributed by atoms with E-state index in [0.29, 0.717) is 22.5 Å². The quantitative estimate of drug-likeness (QED) is 0.495. The standard InChI is InChI=1S/C23H24Cl2N2O/c24-20-11-10-15(12-21(20)25)18(13-23(28)27-16-6-2-1-3-7-16)19-14-26-22-9-5-4-8-17(19)22/h4-5,8-12,14,16,18,26H,1-3,6-7,13H2,(H,27,28)/t18-/m0/s1. The number of benzene rings is 2. The fourth-order valence-corrected chi connectivity index (χ4v) is 4.54. The van der Waals surface area contributed by atoms with Crippen LogP contribution in [0.15, 0.2) is 48.7 Å². The number of hydrogen-bond donors (Lipinski definition) is 2. The van der Waals surface area contributed by atoms with E-state index in [1.165, 1.54) is 19.3 Å². The molecule has 1 heterocycles. The van der Waals surface area contributed by atoms with Gasteiger partial charge in [-0.3, -0.25) is 4.79 Å². The molecule has 0 bridgehead atoms. The summed E-state index contributed by atoms with van der Waals surface area (Å²) in [5, 5.41) is 5.41. The third-order valence-corrected chi connectivity index (χ3v) is 6.44. The Morgan fingerprint density at radius 3 is 2.64 bits per heavy atom. The van der Waals surface area contributed by atoms with Crippen LogP contribution in [-0.4, -0.2) is 16.9 Å². The zero-order valence-electron chi connectivity index (χ0n) is 15.7. The molecule has 5 heteroatoms. The third-order valence-electron chi connectivity index (χ3n) is 5.70. The van der Waals surface area contributed by atoms with Crippen LogP contribution >= 0.6 is 23.2 Å². The van der Waals surface area contributed by atoms with Gasteiger partial charge >= 0.3 is 0 Å². The average molecular weight is 415 g/mol. The number of fused-ring (bicyclic) bond motifs is 1. The molecule has 1 saturated carbocycles. The lowest BCUT2D eigenvalue weighted by Crippen LogP contribution is -2.36. The number of carbonyl (C=O) groups is 1. The molecule has 2 N–H and O–H groups in total. The lowest BCUT2D eigenvalue weighted by atomic mass is 9.87. The fraction of sp³-hybridized carbons (Fsp3) is 0.348. The van der Waals surface area contributed by atoms with Gasteiger partial charge in [0.05, 0.1) is 10.0 Å². The topological polar surface area (TPSA) is 44.9 Å². The van der Waals surface area contributed by atoms with Crippen LogP contribution < -0.4 is 5.32 Å². The average Bonchev–Trinajstić information content (AvgIpc) is 3.13. The Bertz CT molecular complexity index is 976. The molecule has 146 valence electrons. The first-order chi connectivity index (χ1) is 13.6. The molecule has 1 atom stereocenters. The molecular formula is C23H24Cl2N2O. The van der Waals surface area contributed by atoms with Gasteiger partial charge in [-0.25, -0.2) is 0 Å². The van der Waals surface area contributed by atoms with E-state index >= 15 is 0 Å². The summed E-state index contributed by atoms with van der Waals surface area (Å²) >= 11 is 12.4. The van der Waals surface area contributed by atoms with Crippen molar-refractivity contribution in [2.24, 2.45) is 0 Å². The van der Waals surface area contributed by atoms with Crippen LogP contribution in [0, 0.1) is 0 Å². The Balaban J connectivity index is 1.65. The first-order valence-electron chi connectivity index (χ1n) is 9.92. The molecule has 0 saturated heterocycles. The molecule has 0 unspecified atom stereocenters. The van der Waals surface area contributed by atoms with Gasteiger partial charge in [0, 0.05) is 35.5 Å². The normalized spacial score (nSPS) is 16.2. The van der Waals surface area contributed by atoms with E-state index in [1.807, 2.05) is 36.5 Å². The summed E-state index contributed by atoms with van der Waals surface area (Å²) in [7, 11) is 0. The maximum absolute atomic E-state index is 12.9. The second-order valence-corrected chi connectivity index (χ2v) is 8.44. The number of aromatic amines is 1. The van der Waals surface area contributed by atoms with Gasteiger partial charge in [-0.2, -0.15) is 0 Å². The van der Waals surface area contributed by atoms with Gasteiger partial charge in [-0.1, -0.05) is 66.7 Å². The van der Waals surface area contributed by atoms with E-state index in [1.54, 1.807) is 6.07 Å². The summed E-state index contributed by atoms with van der Waals surface area (Å²) in [4.78, 5) is 16.2. The Hall–Kier alpha value is -1.97. The van der Waals surface area contributed by atoms with E-state index < -0.39 is 0 Å². The SMILES string of the molecule is O=C(C[C@@H](c1ccc(Cl)c(Cl)c1)c1c[nH]c2ccccc12)NC1CCCCC1. The zero-order valence-corrected chi connectivity index (χ0v) is 17.2. The molecule has 0 spiro atoms. The Kier molecular flexibility index (Phi) is 5.93. The summed E-state index contributed by atoms with van der Waals surface area (Å²) in [6.07, 6.45) is 8.22. The number of aromatic nitrogens is 1. The van der Waals surface area contributed by atoms with Crippen LogP contribution in [-0.2, 0) is 4.79 Å². The molecule has 4 rings (SSSR count). The summed E-state index contributed by atoms with van der Waals surface area (Å²) in [5.41, 5.74) is 3.17. The van der Waals surface area contributed by atoms with Crippen molar-refractivity contribution in [2.45, 2.75) is 50.5 Å². The first kappa shape index (κ1) is 19.4. The number of halogens is 2. The van der Waals surface area contributed by atoms with Crippen molar-refractivity contribution in [1.29, 1.82) is 0 Å². The zero-order chi connectivity index (χ0) is 19.5. The molecule has 0 aliphatic heterocycles. The van der Waals surface area contributed by atoms with Crippen molar-refractivity contribution in [3.05, 3.63) is 69.8 Å². The molecule has 1 amide bonds. The minimum absolute atomic E-state index is 0.0884. The summed E-state index contributed by atoms with van der Waals surface area (Å²) in [6.45, 7) is 0. The number of amides is 1. The van der Waals surface area contributed by atoms with Gasteiger partial charge in [-0.05, 0) is 42.2 Å². The molecule has 0 radical (unpaired) electrons. The number of nitrogens with one attached hydrogen (secondary N) is 2. The summed E-state index contributed by atoms with van der Waals surface area (Å²) in [6, 6.07) is 14.1. The molecule has 1 aliphatic carbocycles. The summed E-state index contributed by atoms with van der Waals surface area (Å²) < 4.78 is 0. The van der Waals surface area contributed by atoms with E-state index in [9.17, 15) is 4.79 Å². The molecule has 1 aromatic heterocycles. The number of para-hydroxylation sites is 1. The molecule has 28 heavy (non-hydrogen) atoms. The molecule has 3 nitrogen and oxygen atoms in total. The van der Waals surface area contributed by atoms with Crippen molar-refractivity contribution in [3.63, 3.8) is 0 Å². The predicted octanol–water partition coefficient (Wildman–Crippen LogP) is 6.45. The van der Waals surface area contributed by atoms with Crippen molar-refractivity contribution < 1.29 is 4.79 Å². The number of H-pyrrole nitrogens is 1. The van der Waals surface area contributed by atoms with E-state index in [4.69, 9.17) is 23.2 Å². The largest absolute Gasteiger partial charge is 0.361 e. The first-order valence-corrected chi connectivity index (χ1v) is 10.7.